The van der Waals surface area contributed by atoms with Crippen LogP contribution in [0.3, 0.4) is 0 Å². The molecule has 0 amide bonds. The zero-order valence-electron chi connectivity index (χ0n) is 9.83. The Morgan fingerprint density at radius 1 is 1.21 bits per heavy atom. The number of nitro groups is 1. The molecule has 0 spiro atoms. The van der Waals surface area contributed by atoms with Gasteiger partial charge in [0, 0.05) is 17.1 Å². The molecule has 6 nitrogen and oxygen atoms in total. The Kier molecular flexibility index (Phi) is 2.42. The number of nitrogens with zero attached hydrogens (tertiary/aromatic N) is 2. The molecule has 0 aliphatic carbocycles. The number of nitrogens with one attached hydrogen (secondary N) is 1. The fourth-order valence-corrected chi connectivity index (χ4v) is 2.07. The first kappa shape index (κ1) is 11.2. The summed E-state index contributed by atoms with van der Waals surface area (Å²) >= 11 is 0. The number of nitrogens with two attached hydrogens (primary N) is 1. The van der Waals surface area contributed by atoms with Gasteiger partial charge in [0.2, 0.25) is 0 Å². The van der Waals surface area contributed by atoms with Crippen molar-refractivity contribution in [2.45, 2.75) is 0 Å². The van der Waals surface area contributed by atoms with E-state index in [2.05, 4.69) is 10.2 Å². The predicted molar refractivity (Wildman–Crippen MR) is 72.6 cm³/mol. The molecule has 0 aliphatic rings. The molecule has 0 aliphatic heterocycles. The molecular weight excluding hydrogens is 244 g/mol. The highest BCUT2D eigenvalue weighted by Gasteiger charge is 2.18. The quantitative estimate of drug-likeness (QED) is 0.417. The van der Waals surface area contributed by atoms with Crippen molar-refractivity contribution in [1.82, 2.24) is 10.2 Å². The Morgan fingerprint density at radius 3 is 2.79 bits per heavy atom. The van der Waals surface area contributed by atoms with E-state index >= 15 is 0 Å². The molecule has 0 fully saturated rings. The molecule has 94 valence electrons. The van der Waals surface area contributed by atoms with Gasteiger partial charge in [-0.1, -0.05) is 12.1 Å². The second kappa shape index (κ2) is 4.09. The van der Waals surface area contributed by atoms with Crippen molar-refractivity contribution in [3.05, 3.63) is 52.6 Å². The van der Waals surface area contributed by atoms with Crippen LogP contribution in [-0.2, 0) is 0 Å². The molecule has 19 heavy (non-hydrogen) atoms. The van der Waals surface area contributed by atoms with Gasteiger partial charge in [0.1, 0.15) is 5.69 Å². The maximum atomic E-state index is 11.1. The van der Waals surface area contributed by atoms with E-state index < -0.39 is 4.92 Å². The third-order valence-electron chi connectivity index (χ3n) is 2.94. The minimum atomic E-state index is -0.415. The van der Waals surface area contributed by atoms with Gasteiger partial charge in [0.15, 0.2) is 0 Å². The molecule has 0 saturated carbocycles. The minimum absolute atomic E-state index is 0.0262. The van der Waals surface area contributed by atoms with Gasteiger partial charge in [-0.25, -0.2) is 0 Å². The molecule has 3 aromatic rings. The van der Waals surface area contributed by atoms with Crippen LogP contribution in [0.4, 0.5) is 11.4 Å². The number of aromatic amines is 1. The number of hydrogen-bond donors (Lipinski definition) is 2. The van der Waals surface area contributed by atoms with E-state index in [1.165, 1.54) is 6.07 Å². The van der Waals surface area contributed by atoms with Crippen molar-refractivity contribution in [2.75, 3.05) is 5.73 Å². The summed E-state index contributed by atoms with van der Waals surface area (Å²) in [6.45, 7) is 0. The van der Waals surface area contributed by atoms with Crippen LogP contribution in [0.2, 0.25) is 0 Å². The SMILES string of the molecule is Nc1ccc2[nH]nc(-c3ccccc3[N+](=O)[O-])c2c1. The normalized spacial score (nSPS) is 10.7. The maximum Gasteiger partial charge on any atom is 0.278 e. The second-order valence-electron chi connectivity index (χ2n) is 4.15. The highest BCUT2D eigenvalue weighted by atomic mass is 16.6. The van der Waals surface area contributed by atoms with E-state index in [0.717, 1.165) is 10.9 Å². The van der Waals surface area contributed by atoms with Crippen molar-refractivity contribution < 1.29 is 4.92 Å². The molecular formula is C13H10N4O2. The van der Waals surface area contributed by atoms with E-state index in [-0.39, 0.29) is 5.69 Å². The minimum Gasteiger partial charge on any atom is -0.399 e. The van der Waals surface area contributed by atoms with Crippen molar-refractivity contribution >= 4 is 22.3 Å². The fourth-order valence-electron chi connectivity index (χ4n) is 2.07. The van der Waals surface area contributed by atoms with Gasteiger partial charge in [0.25, 0.3) is 5.69 Å². The van der Waals surface area contributed by atoms with Crippen LogP contribution in [0.5, 0.6) is 0 Å². The van der Waals surface area contributed by atoms with Crippen LogP contribution in [0, 0.1) is 10.1 Å². The third-order valence-corrected chi connectivity index (χ3v) is 2.94. The molecule has 0 radical (unpaired) electrons. The zero-order valence-corrected chi connectivity index (χ0v) is 9.83. The number of aromatic nitrogens is 2. The molecule has 3 rings (SSSR count). The predicted octanol–water partition coefficient (Wildman–Crippen LogP) is 2.72. The summed E-state index contributed by atoms with van der Waals surface area (Å²) < 4.78 is 0. The summed E-state index contributed by atoms with van der Waals surface area (Å²) in [6, 6.07) is 11.8. The number of nitrogen functional groups attached to an aromatic ring is 1. The lowest BCUT2D eigenvalue weighted by atomic mass is 10.1. The Balaban J connectivity index is 2.31. The molecule has 0 atom stereocenters. The lowest BCUT2D eigenvalue weighted by Crippen LogP contribution is -1.92. The average Bonchev–Trinajstić information content (AvgIpc) is 2.81. The molecule has 0 unspecified atom stereocenters. The van der Waals surface area contributed by atoms with Crippen molar-refractivity contribution in [3.8, 4) is 11.3 Å². The van der Waals surface area contributed by atoms with Gasteiger partial charge >= 0.3 is 0 Å². The van der Waals surface area contributed by atoms with Crippen molar-refractivity contribution in [3.63, 3.8) is 0 Å². The van der Waals surface area contributed by atoms with Crippen LogP contribution >= 0.6 is 0 Å². The summed E-state index contributed by atoms with van der Waals surface area (Å²) in [5, 5.41) is 18.9. The van der Waals surface area contributed by atoms with E-state index in [1.54, 1.807) is 36.4 Å². The molecule has 1 aromatic heterocycles. The van der Waals surface area contributed by atoms with Crippen LogP contribution in [-0.4, -0.2) is 15.1 Å². The number of para-hydroxylation sites is 1. The fraction of sp³-hybridized carbons (Fsp3) is 0. The lowest BCUT2D eigenvalue weighted by molar-refractivity contribution is -0.384. The number of hydrogen-bond acceptors (Lipinski definition) is 4. The monoisotopic (exact) mass is 254 g/mol. The summed E-state index contributed by atoms with van der Waals surface area (Å²) in [4.78, 5) is 10.6. The third kappa shape index (κ3) is 1.79. The topological polar surface area (TPSA) is 97.8 Å². The molecule has 0 saturated heterocycles. The molecule has 0 bridgehead atoms. The maximum absolute atomic E-state index is 11.1. The average molecular weight is 254 g/mol. The van der Waals surface area contributed by atoms with Crippen LogP contribution < -0.4 is 5.73 Å². The van der Waals surface area contributed by atoms with Crippen LogP contribution in [0.15, 0.2) is 42.5 Å². The first-order chi connectivity index (χ1) is 9.16. The molecule has 1 heterocycles. The van der Waals surface area contributed by atoms with Crippen molar-refractivity contribution in [2.24, 2.45) is 0 Å². The smallest absolute Gasteiger partial charge is 0.278 e. The standard InChI is InChI=1S/C13H10N4O2/c14-8-5-6-11-10(7-8)13(16-15-11)9-3-1-2-4-12(9)17(18)19/h1-7H,14H2,(H,15,16). The van der Waals surface area contributed by atoms with E-state index in [9.17, 15) is 10.1 Å². The van der Waals surface area contributed by atoms with Crippen molar-refractivity contribution in [1.29, 1.82) is 0 Å². The lowest BCUT2D eigenvalue weighted by Gasteiger charge is -2.00. The van der Waals surface area contributed by atoms with Gasteiger partial charge in [0.05, 0.1) is 16.0 Å². The largest absolute Gasteiger partial charge is 0.399 e. The van der Waals surface area contributed by atoms with E-state index in [0.29, 0.717) is 16.9 Å². The first-order valence-corrected chi connectivity index (χ1v) is 5.64. The summed E-state index contributed by atoms with van der Waals surface area (Å²) in [5.74, 6) is 0. The number of nitro benzene ring substituents is 1. The number of rotatable bonds is 2. The summed E-state index contributed by atoms with van der Waals surface area (Å²) in [6.07, 6.45) is 0. The summed E-state index contributed by atoms with van der Waals surface area (Å²) in [7, 11) is 0. The Labute approximate surface area is 108 Å². The van der Waals surface area contributed by atoms with Gasteiger partial charge < -0.3 is 5.73 Å². The number of fused-ring (bicyclic) bond motifs is 1. The van der Waals surface area contributed by atoms with E-state index in [1.807, 2.05) is 0 Å². The summed E-state index contributed by atoms with van der Waals surface area (Å²) in [5.41, 5.74) is 8.18. The molecule has 3 N–H and O–H groups in total. The Morgan fingerprint density at radius 2 is 2.00 bits per heavy atom. The first-order valence-electron chi connectivity index (χ1n) is 5.64. The van der Waals surface area contributed by atoms with Gasteiger partial charge in [-0.15, -0.1) is 0 Å². The van der Waals surface area contributed by atoms with Gasteiger partial charge in [-0.3, -0.25) is 15.2 Å². The number of H-pyrrole nitrogens is 1. The van der Waals surface area contributed by atoms with Crippen LogP contribution in [0.1, 0.15) is 0 Å². The molecule has 6 heteroatoms. The number of anilines is 1. The molecule has 2 aromatic carbocycles. The van der Waals surface area contributed by atoms with E-state index in [4.69, 9.17) is 5.73 Å². The van der Waals surface area contributed by atoms with Crippen LogP contribution in [0.25, 0.3) is 22.2 Å². The highest BCUT2D eigenvalue weighted by molar-refractivity contribution is 5.96. The zero-order chi connectivity index (χ0) is 13.4. The highest BCUT2D eigenvalue weighted by Crippen LogP contribution is 2.33. The second-order valence-corrected chi connectivity index (χ2v) is 4.15. The van der Waals surface area contributed by atoms with Gasteiger partial charge in [-0.05, 0) is 24.3 Å². The Hall–Kier alpha value is -2.89. The van der Waals surface area contributed by atoms with Gasteiger partial charge in [-0.2, -0.15) is 5.10 Å². The number of benzene rings is 2. The Bertz CT molecular complexity index is 779.